The van der Waals surface area contributed by atoms with Gasteiger partial charge in [0.05, 0.1) is 46.8 Å². The number of ether oxygens (including phenoxy) is 5. The summed E-state index contributed by atoms with van der Waals surface area (Å²) < 4.78 is 28.6. The summed E-state index contributed by atoms with van der Waals surface area (Å²) in [6, 6.07) is 5.84. The van der Waals surface area contributed by atoms with E-state index in [1.807, 2.05) is 18.2 Å². The zero-order valence-electron chi connectivity index (χ0n) is 16.5. The van der Waals surface area contributed by atoms with Crippen molar-refractivity contribution >= 4 is 5.69 Å². The van der Waals surface area contributed by atoms with Crippen molar-refractivity contribution in [2.45, 2.75) is 32.5 Å². The van der Waals surface area contributed by atoms with Crippen LogP contribution in [-0.2, 0) is 11.3 Å². The van der Waals surface area contributed by atoms with Crippen molar-refractivity contribution < 1.29 is 23.7 Å². The summed E-state index contributed by atoms with van der Waals surface area (Å²) in [4.78, 5) is 0. The number of rotatable bonds is 6. The van der Waals surface area contributed by atoms with Crippen LogP contribution < -0.4 is 24.7 Å². The molecule has 0 amide bonds. The van der Waals surface area contributed by atoms with E-state index in [2.05, 4.69) is 6.92 Å². The molecule has 0 aromatic heterocycles. The smallest absolute Gasteiger partial charge is 0.203 e. The second-order valence-corrected chi connectivity index (χ2v) is 6.45. The topological polar surface area (TPSA) is 72.2 Å². The first-order valence-electron chi connectivity index (χ1n) is 9.00. The minimum Gasteiger partial charge on any atom is -0.495 e. The Hall–Kier alpha value is -2.60. The summed E-state index contributed by atoms with van der Waals surface area (Å²) in [5.74, 6) is 2.39. The largest absolute Gasteiger partial charge is 0.495 e. The number of hydrogen-bond donors (Lipinski definition) is 1. The van der Waals surface area contributed by atoms with Gasteiger partial charge in [0.1, 0.15) is 5.75 Å². The van der Waals surface area contributed by atoms with Crippen LogP contribution in [0.2, 0.25) is 0 Å². The van der Waals surface area contributed by atoms with Crippen LogP contribution in [0.4, 0.5) is 5.69 Å². The van der Waals surface area contributed by atoms with E-state index in [0.717, 1.165) is 35.1 Å². The van der Waals surface area contributed by atoms with E-state index in [9.17, 15) is 0 Å². The molecule has 3 rings (SSSR count). The van der Waals surface area contributed by atoms with E-state index in [1.54, 1.807) is 28.4 Å². The maximum atomic E-state index is 6.25. The highest BCUT2D eigenvalue weighted by atomic mass is 16.5. The van der Waals surface area contributed by atoms with Crippen LogP contribution in [0.15, 0.2) is 18.2 Å². The van der Waals surface area contributed by atoms with Gasteiger partial charge < -0.3 is 29.4 Å². The van der Waals surface area contributed by atoms with Gasteiger partial charge >= 0.3 is 0 Å². The maximum Gasteiger partial charge on any atom is 0.203 e. The lowest BCUT2D eigenvalue weighted by atomic mass is 9.91. The molecule has 0 spiro atoms. The fraction of sp³-hybridized carbons (Fsp3) is 0.429. The first-order chi connectivity index (χ1) is 13.1. The van der Waals surface area contributed by atoms with Crippen LogP contribution in [0.25, 0.3) is 11.1 Å². The monoisotopic (exact) mass is 373 g/mol. The highest BCUT2D eigenvalue weighted by Crippen LogP contribution is 2.52. The fourth-order valence-electron chi connectivity index (χ4n) is 3.67. The molecule has 0 radical (unpaired) electrons. The third-order valence-electron chi connectivity index (χ3n) is 4.92. The summed E-state index contributed by atoms with van der Waals surface area (Å²) in [6.07, 6.45) is 1.83. The van der Waals surface area contributed by atoms with E-state index in [4.69, 9.17) is 29.4 Å². The van der Waals surface area contributed by atoms with Crippen molar-refractivity contribution in [3.63, 3.8) is 0 Å². The molecular weight excluding hydrogens is 346 g/mol. The molecule has 0 fully saturated rings. The van der Waals surface area contributed by atoms with Crippen molar-refractivity contribution in [2.75, 3.05) is 34.2 Å². The minimum absolute atomic E-state index is 0.0627. The maximum absolute atomic E-state index is 6.25. The molecule has 1 aliphatic heterocycles. The molecule has 0 saturated heterocycles. The van der Waals surface area contributed by atoms with Crippen LogP contribution >= 0.6 is 0 Å². The molecule has 27 heavy (non-hydrogen) atoms. The molecule has 2 aromatic carbocycles. The van der Waals surface area contributed by atoms with Crippen molar-refractivity contribution in [3.05, 3.63) is 29.3 Å². The normalized spacial score (nSPS) is 15.4. The van der Waals surface area contributed by atoms with E-state index < -0.39 is 0 Å². The van der Waals surface area contributed by atoms with Gasteiger partial charge in [-0.15, -0.1) is 0 Å². The molecule has 2 N–H and O–H groups in total. The second-order valence-electron chi connectivity index (χ2n) is 6.45. The quantitative estimate of drug-likeness (QED) is 0.760. The first kappa shape index (κ1) is 19.2. The van der Waals surface area contributed by atoms with Gasteiger partial charge in [-0.3, -0.25) is 0 Å². The van der Waals surface area contributed by atoms with Gasteiger partial charge in [-0.2, -0.15) is 0 Å². The number of nitrogens with two attached hydrogens (primary N) is 1. The van der Waals surface area contributed by atoms with Crippen molar-refractivity contribution in [1.82, 2.24) is 0 Å². The van der Waals surface area contributed by atoms with E-state index >= 15 is 0 Å². The zero-order valence-corrected chi connectivity index (χ0v) is 16.5. The van der Waals surface area contributed by atoms with E-state index in [-0.39, 0.29) is 6.10 Å². The summed E-state index contributed by atoms with van der Waals surface area (Å²) in [5.41, 5.74) is 10.7. The van der Waals surface area contributed by atoms with Crippen molar-refractivity contribution in [1.29, 1.82) is 0 Å². The Morgan fingerprint density at radius 3 is 2.26 bits per heavy atom. The molecule has 2 aromatic rings. The Balaban J connectivity index is 2.36. The van der Waals surface area contributed by atoms with Crippen LogP contribution in [0.5, 0.6) is 23.0 Å². The highest BCUT2D eigenvalue weighted by molar-refractivity contribution is 5.84. The first-order valence-corrected chi connectivity index (χ1v) is 9.00. The van der Waals surface area contributed by atoms with Gasteiger partial charge in [-0.1, -0.05) is 13.3 Å². The van der Waals surface area contributed by atoms with Crippen LogP contribution in [0.3, 0.4) is 0 Å². The van der Waals surface area contributed by atoms with Gasteiger partial charge in [-0.05, 0) is 41.3 Å². The lowest BCUT2D eigenvalue weighted by Gasteiger charge is -2.21. The Bertz CT molecular complexity index is 834. The van der Waals surface area contributed by atoms with Crippen LogP contribution in [-0.4, -0.2) is 28.4 Å². The molecule has 0 saturated carbocycles. The Labute approximate surface area is 160 Å². The highest BCUT2D eigenvalue weighted by Gasteiger charge is 2.30. The lowest BCUT2D eigenvalue weighted by Crippen LogP contribution is -2.05. The Morgan fingerprint density at radius 2 is 1.67 bits per heavy atom. The van der Waals surface area contributed by atoms with Gasteiger partial charge in [0.2, 0.25) is 5.75 Å². The second kappa shape index (κ2) is 7.96. The summed E-state index contributed by atoms with van der Waals surface area (Å²) in [7, 11) is 6.45. The molecule has 0 aliphatic carbocycles. The molecule has 1 unspecified atom stereocenters. The van der Waals surface area contributed by atoms with Crippen molar-refractivity contribution in [2.24, 2.45) is 0 Å². The standard InChI is InChI=1S/C21H27NO5/c1-6-7-16-13-9-15(22)17(23-2)10-14(13)19-12(11-27-16)8-18(24-3)20(25-4)21(19)26-5/h8-10,16H,6-7,11,22H2,1-5H3. The number of anilines is 1. The molecule has 6 nitrogen and oxygen atoms in total. The number of fused-ring (bicyclic) bond motifs is 3. The fourth-order valence-corrected chi connectivity index (χ4v) is 3.67. The molecule has 146 valence electrons. The van der Waals surface area contributed by atoms with Crippen molar-refractivity contribution in [3.8, 4) is 34.1 Å². The molecule has 1 atom stereocenters. The number of hydrogen-bond acceptors (Lipinski definition) is 6. The van der Waals surface area contributed by atoms with Crippen LogP contribution in [0, 0.1) is 0 Å². The van der Waals surface area contributed by atoms with Crippen LogP contribution in [0.1, 0.15) is 37.0 Å². The molecule has 0 bridgehead atoms. The van der Waals surface area contributed by atoms with Gasteiger partial charge in [-0.25, -0.2) is 0 Å². The number of benzene rings is 2. The minimum atomic E-state index is -0.0627. The SMILES string of the molecule is CCCC1OCc2cc(OC)c(OC)c(OC)c2-c2cc(OC)c(N)cc21. The summed E-state index contributed by atoms with van der Waals surface area (Å²) >= 11 is 0. The summed E-state index contributed by atoms with van der Waals surface area (Å²) in [5, 5.41) is 0. The van der Waals surface area contributed by atoms with E-state index in [0.29, 0.717) is 35.3 Å². The zero-order chi connectivity index (χ0) is 19.6. The van der Waals surface area contributed by atoms with Gasteiger partial charge in [0.15, 0.2) is 11.5 Å². The average molecular weight is 373 g/mol. The molecule has 1 heterocycles. The predicted octanol–water partition coefficient (Wildman–Crippen LogP) is 4.34. The lowest BCUT2D eigenvalue weighted by molar-refractivity contribution is 0.0357. The average Bonchev–Trinajstić information content (AvgIpc) is 2.83. The van der Waals surface area contributed by atoms with Gasteiger partial charge in [0, 0.05) is 5.56 Å². The molecular formula is C21H27NO5. The Kier molecular flexibility index (Phi) is 5.65. The molecule has 6 heteroatoms. The summed E-state index contributed by atoms with van der Waals surface area (Å²) in [6.45, 7) is 2.58. The molecule has 1 aliphatic rings. The Morgan fingerprint density at radius 1 is 0.963 bits per heavy atom. The van der Waals surface area contributed by atoms with E-state index in [1.165, 1.54) is 0 Å². The van der Waals surface area contributed by atoms with Gasteiger partial charge in [0.25, 0.3) is 0 Å². The third-order valence-corrected chi connectivity index (χ3v) is 4.92. The number of methoxy groups -OCH3 is 4. The third kappa shape index (κ3) is 3.25. The predicted molar refractivity (Wildman–Crippen MR) is 105 cm³/mol. The number of nitrogen functional groups attached to an aromatic ring is 1.